The van der Waals surface area contributed by atoms with Crippen LogP contribution in [0.2, 0.25) is 5.15 Å². The smallest absolute Gasteiger partial charge is 0.388 e. The van der Waals surface area contributed by atoms with E-state index in [9.17, 15) is 13.2 Å². The first-order valence-electron chi connectivity index (χ1n) is 2.94. The third-order valence-electron chi connectivity index (χ3n) is 0.998. The molecule has 1 aromatic rings. The molecule has 1 aromatic heterocycles. The minimum absolute atomic E-state index is 0.443. The van der Waals surface area contributed by atoms with Gasteiger partial charge >= 0.3 is 6.61 Å². The van der Waals surface area contributed by atoms with Gasteiger partial charge in [0.1, 0.15) is 0 Å². The fourth-order valence-electron chi connectivity index (χ4n) is 0.578. The average molecular weight is 214 g/mol. The summed E-state index contributed by atoms with van der Waals surface area (Å²) < 4.78 is 39.7. The van der Waals surface area contributed by atoms with Gasteiger partial charge in [-0.25, -0.2) is 0 Å². The standard InChI is InChI=1S/C5H3ClF3N3O/c6-2-1(7)3(13-4(8)9)12-5(10)11-2/h4H,(H2,10,11,12). The zero-order valence-electron chi connectivity index (χ0n) is 5.97. The molecule has 0 aliphatic carbocycles. The van der Waals surface area contributed by atoms with Gasteiger partial charge in [-0.15, -0.1) is 0 Å². The van der Waals surface area contributed by atoms with Crippen molar-refractivity contribution in [3.63, 3.8) is 0 Å². The molecule has 0 saturated carbocycles. The normalized spacial score (nSPS) is 10.5. The average Bonchev–Trinajstić information content (AvgIpc) is 1.98. The van der Waals surface area contributed by atoms with Gasteiger partial charge in [0.15, 0.2) is 5.15 Å². The molecule has 4 nitrogen and oxygen atoms in total. The predicted octanol–water partition coefficient (Wildman–Crippen LogP) is 1.45. The summed E-state index contributed by atoms with van der Waals surface area (Å²) in [6.45, 7) is -3.19. The van der Waals surface area contributed by atoms with Crippen LogP contribution < -0.4 is 10.5 Å². The fraction of sp³-hybridized carbons (Fsp3) is 0.200. The van der Waals surface area contributed by atoms with E-state index in [1.807, 2.05) is 0 Å². The quantitative estimate of drug-likeness (QED) is 0.756. The van der Waals surface area contributed by atoms with Crippen LogP contribution >= 0.6 is 11.6 Å². The molecule has 0 aliphatic rings. The number of halogens is 4. The van der Waals surface area contributed by atoms with E-state index in [4.69, 9.17) is 17.3 Å². The van der Waals surface area contributed by atoms with Crippen molar-refractivity contribution in [1.82, 2.24) is 9.97 Å². The van der Waals surface area contributed by atoms with E-state index in [-0.39, 0.29) is 0 Å². The van der Waals surface area contributed by atoms with Gasteiger partial charge in [0.2, 0.25) is 11.8 Å². The van der Waals surface area contributed by atoms with Gasteiger partial charge in [-0.3, -0.25) is 0 Å². The van der Waals surface area contributed by atoms with Crippen LogP contribution in [-0.4, -0.2) is 16.6 Å². The largest absolute Gasteiger partial charge is 0.414 e. The molecular weight excluding hydrogens is 211 g/mol. The third kappa shape index (κ3) is 2.35. The maximum absolute atomic E-state index is 12.8. The van der Waals surface area contributed by atoms with Crippen LogP contribution in [0.25, 0.3) is 0 Å². The summed E-state index contributed by atoms with van der Waals surface area (Å²) in [5.74, 6) is -2.68. The molecule has 1 heterocycles. The zero-order valence-corrected chi connectivity index (χ0v) is 6.73. The van der Waals surface area contributed by atoms with Crippen molar-refractivity contribution in [3.05, 3.63) is 11.0 Å². The second-order valence-corrected chi connectivity index (χ2v) is 2.23. The molecule has 1 rings (SSSR count). The number of hydrogen-bond donors (Lipinski definition) is 1. The molecular formula is C5H3ClF3N3O. The first-order valence-corrected chi connectivity index (χ1v) is 3.32. The van der Waals surface area contributed by atoms with Gasteiger partial charge in [-0.2, -0.15) is 23.1 Å². The highest BCUT2D eigenvalue weighted by Gasteiger charge is 2.16. The zero-order chi connectivity index (χ0) is 10.0. The number of aromatic nitrogens is 2. The molecule has 0 saturated heterocycles. The molecule has 0 aliphatic heterocycles. The Morgan fingerprint density at radius 3 is 2.54 bits per heavy atom. The van der Waals surface area contributed by atoms with Crippen LogP contribution in [0.5, 0.6) is 5.88 Å². The number of nitrogens with zero attached hydrogens (tertiary/aromatic N) is 2. The van der Waals surface area contributed by atoms with Gasteiger partial charge < -0.3 is 10.5 Å². The lowest BCUT2D eigenvalue weighted by atomic mass is 10.6. The summed E-state index contributed by atoms with van der Waals surface area (Å²) in [6.07, 6.45) is 0. The van der Waals surface area contributed by atoms with Crippen molar-refractivity contribution >= 4 is 17.5 Å². The maximum Gasteiger partial charge on any atom is 0.388 e. The molecule has 8 heteroatoms. The van der Waals surface area contributed by atoms with Crippen LogP contribution in [-0.2, 0) is 0 Å². The van der Waals surface area contributed by atoms with Gasteiger partial charge in [0.25, 0.3) is 5.88 Å². The van der Waals surface area contributed by atoms with E-state index in [1.165, 1.54) is 0 Å². The Morgan fingerprint density at radius 2 is 2.00 bits per heavy atom. The maximum atomic E-state index is 12.8. The Balaban J connectivity index is 3.05. The SMILES string of the molecule is Nc1nc(Cl)c(F)c(OC(F)F)n1. The van der Waals surface area contributed by atoms with E-state index in [0.29, 0.717) is 0 Å². The van der Waals surface area contributed by atoms with Crippen molar-refractivity contribution in [1.29, 1.82) is 0 Å². The number of alkyl halides is 2. The number of anilines is 1. The first kappa shape index (κ1) is 9.85. The highest BCUT2D eigenvalue weighted by atomic mass is 35.5. The van der Waals surface area contributed by atoms with Gasteiger partial charge in [0.05, 0.1) is 0 Å². The van der Waals surface area contributed by atoms with E-state index in [2.05, 4.69) is 14.7 Å². The molecule has 0 bridgehead atoms. The van der Waals surface area contributed by atoms with Crippen LogP contribution in [0.3, 0.4) is 0 Å². The van der Waals surface area contributed by atoms with E-state index < -0.39 is 29.4 Å². The van der Waals surface area contributed by atoms with Crippen LogP contribution in [0.4, 0.5) is 19.1 Å². The molecule has 2 N–H and O–H groups in total. The molecule has 0 fully saturated rings. The minimum Gasteiger partial charge on any atom is -0.414 e. The third-order valence-corrected chi connectivity index (χ3v) is 1.25. The highest BCUT2D eigenvalue weighted by Crippen LogP contribution is 2.22. The second-order valence-electron chi connectivity index (χ2n) is 1.87. The van der Waals surface area contributed by atoms with Crippen molar-refractivity contribution in [2.24, 2.45) is 0 Å². The summed E-state index contributed by atoms with van der Waals surface area (Å²) in [4.78, 5) is 6.25. The van der Waals surface area contributed by atoms with E-state index in [0.717, 1.165) is 0 Å². The molecule has 13 heavy (non-hydrogen) atoms. The van der Waals surface area contributed by atoms with Gasteiger partial charge in [-0.1, -0.05) is 11.6 Å². The second kappa shape index (κ2) is 3.65. The van der Waals surface area contributed by atoms with Crippen molar-refractivity contribution in [3.8, 4) is 5.88 Å². The summed E-state index contributed by atoms with van der Waals surface area (Å²) in [6, 6.07) is 0. The van der Waals surface area contributed by atoms with Crippen molar-refractivity contribution in [2.75, 3.05) is 5.73 Å². The first-order chi connectivity index (χ1) is 6.00. The predicted molar refractivity (Wildman–Crippen MR) is 38.0 cm³/mol. The van der Waals surface area contributed by atoms with Gasteiger partial charge in [-0.05, 0) is 0 Å². The van der Waals surface area contributed by atoms with Gasteiger partial charge in [0, 0.05) is 0 Å². The molecule has 0 radical (unpaired) electrons. The number of hydrogen-bond acceptors (Lipinski definition) is 4. The van der Waals surface area contributed by atoms with Crippen LogP contribution in [0, 0.1) is 5.82 Å². The summed E-state index contributed by atoms with van der Waals surface area (Å²) in [7, 11) is 0. The molecule has 0 amide bonds. The number of ether oxygens (including phenoxy) is 1. The van der Waals surface area contributed by atoms with Crippen LogP contribution in [0.1, 0.15) is 0 Å². The minimum atomic E-state index is -3.19. The molecule has 0 aromatic carbocycles. The highest BCUT2D eigenvalue weighted by molar-refractivity contribution is 6.29. The fourth-order valence-corrected chi connectivity index (χ4v) is 0.746. The molecule has 0 spiro atoms. The van der Waals surface area contributed by atoms with E-state index in [1.54, 1.807) is 0 Å². The summed E-state index contributed by atoms with van der Waals surface area (Å²) in [5, 5.41) is -0.664. The summed E-state index contributed by atoms with van der Waals surface area (Å²) >= 11 is 5.17. The summed E-state index contributed by atoms with van der Waals surface area (Å²) in [5.41, 5.74) is 5.01. The van der Waals surface area contributed by atoms with Crippen LogP contribution in [0.15, 0.2) is 0 Å². The monoisotopic (exact) mass is 213 g/mol. The topological polar surface area (TPSA) is 61.0 Å². The Labute approximate surface area is 75.5 Å². The Hall–Kier alpha value is -1.24. The van der Waals surface area contributed by atoms with Crippen molar-refractivity contribution < 1.29 is 17.9 Å². The Kier molecular flexibility index (Phi) is 2.76. The molecule has 72 valence electrons. The lowest BCUT2D eigenvalue weighted by molar-refractivity contribution is -0.0553. The Bertz CT molecular complexity index is 322. The lowest BCUT2D eigenvalue weighted by Crippen LogP contribution is -2.08. The molecule has 0 unspecified atom stereocenters. The number of nitrogens with two attached hydrogens (primary N) is 1. The Morgan fingerprint density at radius 1 is 1.38 bits per heavy atom. The number of rotatable bonds is 2. The van der Waals surface area contributed by atoms with E-state index >= 15 is 0 Å². The lowest BCUT2D eigenvalue weighted by Gasteiger charge is -2.04. The van der Waals surface area contributed by atoms with Crippen molar-refractivity contribution in [2.45, 2.75) is 6.61 Å². The molecule has 0 atom stereocenters. The number of nitrogen functional groups attached to an aromatic ring is 1.